The van der Waals surface area contributed by atoms with Crippen molar-refractivity contribution in [2.45, 2.75) is 6.92 Å². The predicted molar refractivity (Wildman–Crippen MR) is 81.6 cm³/mol. The van der Waals surface area contributed by atoms with E-state index in [-0.39, 0.29) is 5.82 Å². The molecule has 0 bridgehead atoms. The number of rotatable bonds is 1. The molecule has 0 saturated heterocycles. The number of halogens is 3. The molecule has 19 heavy (non-hydrogen) atoms. The number of hydrogen-bond acceptors (Lipinski definition) is 1. The van der Waals surface area contributed by atoms with Crippen molar-refractivity contribution in [3.05, 3.63) is 50.7 Å². The maximum Gasteiger partial charge on any atom is 0.142 e. The topological polar surface area (TPSA) is 28.7 Å². The summed E-state index contributed by atoms with van der Waals surface area (Å²) in [7, 11) is 0. The molecule has 0 spiro atoms. The van der Waals surface area contributed by atoms with Crippen LogP contribution in [0.1, 0.15) is 5.56 Å². The molecular formula is C14H9Br2FN2. The maximum atomic E-state index is 13.9. The van der Waals surface area contributed by atoms with Crippen molar-refractivity contribution in [3.63, 3.8) is 0 Å². The number of aromatic amines is 1. The fourth-order valence-electron chi connectivity index (χ4n) is 2.09. The van der Waals surface area contributed by atoms with E-state index in [1.165, 1.54) is 6.07 Å². The van der Waals surface area contributed by atoms with Crippen molar-refractivity contribution < 1.29 is 4.39 Å². The van der Waals surface area contributed by atoms with Gasteiger partial charge in [0.1, 0.15) is 11.6 Å². The molecule has 0 saturated carbocycles. The molecule has 1 heterocycles. The molecule has 0 fully saturated rings. The standard InChI is InChI=1S/C14H9Br2FN2/c1-7-5-8(15)6-11-13(7)19-14(18-11)12-9(16)3-2-4-10(12)17/h2-6H,1H3,(H,18,19). The lowest BCUT2D eigenvalue weighted by Crippen LogP contribution is -1.87. The van der Waals surface area contributed by atoms with Crippen molar-refractivity contribution in [2.75, 3.05) is 0 Å². The second-order valence-electron chi connectivity index (χ2n) is 4.30. The molecule has 2 nitrogen and oxygen atoms in total. The molecule has 96 valence electrons. The van der Waals surface area contributed by atoms with Crippen molar-refractivity contribution >= 4 is 42.9 Å². The molecule has 0 atom stereocenters. The van der Waals surface area contributed by atoms with Gasteiger partial charge in [0, 0.05) is 8.95 Å². The second-order valence-corrected chi connectivity index (χ2v) is 6.07. The number of aromatic nitrogens is 2. The average Bonchev–Trinajstić information content (AvgIpc) is 2.72. The number of H-pyrrole nitrogens is 1. The minimum atomic E-state index is -0.301. The normalized spacial score (nSPS) is 11.2. The predicted octanol–water partition coefficient (Wildman–Crippen LogP) is 5.20. The Balaban J connectivity index is 2.30. The third-order valence-electron chi connectivity index (χ3n) is 2.94. The molecule has 0 aliphatic carbocycles. The summed E-state index contributed by atoms with van der Waals surface area (Å²) in [5, 5.41) is 0. The Labute approximate surface area is 126 Å². The van der Waals surface area contributed by atoms with Gasteiger partial charge in [0.25, 0.3) is 0 Å². The maximum absolute atomic E-state index is 13.9. The fraction of sp³-hybridized carbons (Fsp3) is 0.0714. The zero-order valence-corrected chi connectivity index (χ0v) is 13.1. The minimum Gasteiger partial charge on any atom is -0.338 e. The Kier molecular flexibility index (Phi) is 3.19. The molecule has 3 rings (SSSR count). The van der Waals surface area contributed by atoms with Crippen LogP contribution in [-0.2, 0) is 0 Å². The summed E-state index contributed by atoms with van der Waals surface area (Å²) in [6, 6.07) is 8.81. The monoisotopic (exact) mass is 382 g/mol. The number of nitrogens with one attached hydrogen (secondary N) is 1. The SMILES string of the molecule is Cc1cc(Br)cc2[nH]c(-c3c(F)cccc3Br)nc12. The number of fused-ring (bicyclic) bond motifs is 1. The van der Waals surface area contributed by atoms with E-state index in [2.05, 4.69) is 41.8 Å². The van der Waals surface area contributed by atoms with E-state index in [0.717, 1.165) is 21.1 Å². The third kappa shape index (κ3) is 2.21. The number of imidazole rings is 1. The molecule has 0 amide bonds. The first kappa shape index (κ1) is 12.8. The fourth-order valence-corrected chi connectivity index (χ4v) is 3.19. The summed E-state index contributed by atoms with van der Waals surface area (Å²) in [4.78, 5) is 7.66. The van der Waals surface area contributed by atoms with E-state index in [1.807, 2.05) is 19.1 Å². The van der Waals surface area contributed by atoms with Crippen LogP contribution in [0.3, 0.4) is 0 Å². The van der Waals surface area contributed by atoms with E-state index in [9.17, 15) is 4.39 Å². The van der Waals surface area contributed by atoms with Crippen molar-refractivity contribution in [1.29, 1.82) is 0 Å². The lowest BCUT2D eigenvalue weighted by atomic mass is 10.2. The van der Waals surface area contributed by atoms with Gasteiger partial charge in [-0.15, -0.1) is 0 Å². The Hall–Kier alpha value is -1.20. The molecule has 1 aromatic heterocycles. The second kappa shape index (κ2) is 4.72. The van der Waals surface area contributed by atoms with Crippen LogP contribution in [0.4, 0.5) is 4.39 Å². The summed E-state index contributed by atoms with van der Waals surface area (Å²) in [5.74, 6) is 0.228. The van der Waals surface area contributed by atoms with E-state index >= 15 is 0 Å². The number of aryl methyl sites for hydroxylation is 1. The molecular weight excluding hydrogens is 375 g/mol. The summed E-state index contributed by atoms with van der Waals surface area (Å²) >= 11 is 6.81. The van der Waals surface area contributed by atoms with Gasteiger partial charge in [-0.05, 0) is 52.7 Å². The van der Waals surface area contributed by atoms with Crippen molar-refractivity contribution in [1.82, 2.24) is 9.97 Å². The van der Waals surface area contributed by atoms with E-state index in [1.54, 1.807) is 12.1 Å². The summed E-state index contributed by atoms with van der Waals surface area (Å²) < 4.78 is 15.6. The van der Waals surface area contributed by atoms with Gasteiger partial charge in [0.05, 0.1) is 16.6 Å². The summed E-state index contributed by atoms with van der Waals surface area (Å²) in [6.07, 6.45) is 0. The van der Waals surface area contributed by atoms with Gasteiger partial charge in [-0.2, -0.15) is 0 Å². The molecule has 0 aliphatic rings. The third-order valence-corrected chi connectivity index (χ3v) is 4.06. The van der Waals surface area contributed by atoms with Crippen LogP contribution in [0, 0.1) is 12.7 Å². The quantitative estimate of drug-likeness (QED) is 0.614. The van der Waals surface area contributed by atoms with Crippen LogP contribution in [0.5, 0.6) is 0 Å². The number of hydrogen-bond donors (Lipinski definition) is 1. The summed E-state index contributed by atoms with van der Waals surface area (Å²) in [5.41, 5.74) is 3.24. The van der Waals surface area contributed by atoms with Gasteiger partial charge in [0.2, 0.25) is 0 Å². The largest absolute Gasteiger partial charge is 0.338 e. The highest BCUT2D eigenvalue weighted by Crippen LogP contribution is 2.31. The first-order chi connectivity index (χ1) is 9.06. The molecule has 0 radical (unpaired) electrons. The first-order valence-electron chi connectivity index (χ1n) is 5.66. The highest BCUT2D eigenvalue weighted by Gasteiger charge is 2.14. The zero-order valence-electron chi connectivity index (χ0n) is 9.97. The average molecular weight is 384 g/mol. The number of nitrogens with zero attached hydrogens (tertiary/aromatic N) is 1. The smallest absolute Gasteiger partial charge is 0.142 e. The highest BCUT2D eigenvalue weighted by atomic mass is 79.9. The van der Waals surface area contributed by atoms with Gasteiger partial charge in [0.15, 0.2) is 0 Å². The van der Waals surface area contributed by atoms with E-state index in [0.29, 0.717) is 15.9 Å². The van der Waals surface area contributed by atoms with Crippen LogP contribution < -0.4 is 0 Å². The first-order valence-corrected chi connectivity index (χ1v) is 7.25. The van der Waals surface area contributed by atoms with Gasteiger partial charge < -0.3 is 4.98 Å². The lowest BCUT2D eigenvalue weighted by Gasteiger charge is -2.01. The molecule has 0 aliphatic heterocycles. The van der Waals surface area contributed by atoms with Gasteiger partial charge in [-0.3, -0.25) is 0 Å². The zero-order chi connectivity index (χ0) is 13.6. The Morgan fingerprint density at radius 2 is 2.00 bits per heavy atom. The van der Waals surface area contributed by atoms with Gasteiger partial charge in [-0.1, -0.05) is 22.0 Å². The Morgan fingerprint density at radius 3 is 2.74 bits per heavy atom. The molecule has 1 N–H and O–H groups in total. The van der Waals surface area contributed by atoms with Crippen molar-refractivity contribution in [2.24, 2.45) is 0 Å². The Morgan fingerprint density at radius 1 is 1.21 bits per heavy atom. The van der Waals surface area contributed by atoms with Crippen LogP contribution in [0.2, 0.25) is 0 Å². The van der Waals surface area contributed by atoms with Gasteiger partial charge >= 0.3 is 0 Å². The highest BCUT2D eigenvalue weighted by molar-refractivity contribution is 9.10. The van der Waals surface area contributed by atoms with E-state index < -0.39 is 0 Å². The molecule has 0 unspecified atom stereocenters. The summed E-state index contributed by atoms with van der Waals surface area (Å²) in [6.45, 7) is 1.98. The van der Waals surface area contributed by atoms with Crippen LogP contribution in [0.15, 0.2) is 39.3 Å². The number of benzene rings is 2. The van der Waals surface area contributed by atoms with Gasteiger partial charge in [-0.25, -0.2) is 9.37 Å². The van der Waals surface area contributed by atoms with Crippen LogP contribution in [-0.4, -0.2) is 9.97 Å². The van der Waals surface area contributed by atoms with Crippen LogP contribution in [0.25, 0.3) is 22.4 Å². The van der Waals surface area contributed by atoms with Crippen LogP contribution >= 0.6 is 31.9 Å². The molecule has 3 aromatic rings. The molecule has 2 aromatic carbocycles. The molecule has 5 heteroatoms. The Bertz CT molecular complexity index is 760. The van der Waals surface area contributed by atoms with Crippen molar-refractivity contribution in [3.8, 4) is 11.4 Å². The lowest BCUT2D eigenvalue weighted by molar-refractivity contribution is 0.629. The minimum absolute atomic E-state index is 0.301. The van der Waals surface area contributed by atoms with E-state index in [4.69, 9.17) is 0 Å².